The van der Waals surface area contributed by atoms with Crippen LogP contribution >= 0.6 is 0 Å². The van der Waals surface area contributed by atoms with Crippen LogP contribution in [0.5, 0.6) is 5.88 Å². The highest BCUT2D eigenvalue weighted by Crippen LogP contribution is 2.19. The Hall–Kier alpha value is -3.31. The number of rotatable bonds is 7. The summed E-state index contributed by atoms with van der Waals surface area (Å²) in [6, 6.07) is 3.41. The Morgan fingerprint density at radius 3 is 2.59 bits per heavy atom. The number of pyridine rings is 1. The number of carbonyl (C=O) groups is 1. The highest BCUT2D eigenvalue weighted by molar-refractivity contribution is 5.94. The fraction of sp³-hybridized carbons (Fsp3) is 0.200. The molecule has 2 heterocycles. The number of allylic oxidation sites excluding steroid dienone is 1. The lowest BCUT2D eigenvalue weighted by atomic mass is 10.1. The number of hydrogen-bond acceptors (Lipinski definition) is 6. The first-order valence-electron chi connectivity index (χ1n) is 7.23. The SMILES string of the molecule is N/C(=C(/CNC(=O)c1cnc(OC(F)F)c(F)c1)c1cccnn1)C(F)F. The molecule has 2 aromatic heterocycles. The number of nitrogens with one attached hydrogen (secondary N) is 1. The Kier molecular flexibility index (Phi) is 6.57. The second-order valence-corrected chi connectivity index (χ2v) is 4.92. The zero-order valence-electron chi connectivity index (χ0n) is 13.4. The van der Waals surface area contributed by atoms with E-state index in [0.29, 0.717) is 6.07 Å². The molecule has 0 radical (unpaired) electrons. The maximum atomic E-state index is 13.6. The van der Waals surface area contributed by atoms with E-state index in [9.17, 15) is 26.7 Å². The van der Waals surface area contributed by atoms with Crippen molar-refractivity contribution in [1.82, 2.24) is 20.5 Å². The van der Waals surface area contributed by atoms with Gasteiger partial charge in [0.2, 0.25) is 0 Å². The van der Waals surface area contributed by atoms with Crippen molar-refractivity contribution in [2.24, 2.45) is 5.73 Å². The minimum Gasteiger partial charge on any atom is -0.414 e. The van der Waals surface area contributed by atoms with Crippen LogP contribution < -0.4 is 15.8 Å². The predicted octanol–water partition coefficient (Wildman–Crippen LogP) is 1.98. The standard InChI is InChI=1S/C15H12F5N5O2/c16-9-4-7(5-23-14(9)27-15(19)20)13(26)22-6-8(11(21)12(17)18)10-2-1-3-24-25-10/h1-5,12,15H,6,21H2,(H,22,26)/b11-8-. The molecule has 0 aliphatic rings. The molecule has 1 amide bonds. The Morgan fingerprint density at radius 2 is 2.04 bits per heavy atom. The van der Waals surface area contributed by atoms with Crippen molar-refractivity contribution >= 4 is 11.5 Å². The van der Waals surface area contributed by atoms with Gasteiger partial charge in [0.15, 0.2) is 5.82 Å². The number of ether oxygens (including phenoxy) is 1. The summed E-state index contributed by atoms with van der Waals surface area (Å²) in [6.45, 7) is -3.76. The number of halogens is 5. The molecule has 0 aliphatic carbocycles. The summed E-state index contributed by atoms with van der Waals surface area (Å²) in [5, 5.41) is 9.45. The van der Waals surface area contributed by atoms with Gasteiger partial charge in [-0.2, -0.15) is 19.0 Å². The summed E-state index contributed by atoms with van der Waals surface area (Å²) in [6.07, 6.45) is -0.905. The van der Waals surface area contributed by atoms with Crippen molar-refractivity contribution in [3.8, 4) is 5.88 Å². The fourth-order valence-electron chi connectivity index (χ4n) is 1.93. The van der Waals surface area contributed by atoms with Crippen LogP contribution in [0, 0.1) is 5.82 Å². The van der Waals surface area contributed by atoms with E-state index >= 15 is 0 Å². The van der Waals surface area contributed by atoms with Gasteiger partial charge in [0.05, 0.1) is 17.0 Å². The van der Waals surface area contributed by atoms with Gasteiger partial charge in [-0.3, -0.25) is 4.79 Å². The van der Waals surface area contributed by atoms with Crippen molar-refractivity contribution < 1.29 is 31.5 Å². The van der Waals surface area contributed by atoms with Gasteiger partial charge >= 0.3 is 6.61 Å². The number of carbonyl (C=O) groups excluding carboxylic acids is 1. The number of amides is 1. The smallest absolute Gasteiger partial charge is 0.388 e. The van der Waals surface area contributed by atoms with Gasteiger partial charge < -0.3 is 15.8 Å². The average Bonchev–Trinajstić information content (AvgIpc) is 2.63. The van der Waals surface area contributed by atoms with Crippen LogP contribution in [0.3, 0.4) is 0 Å². The lowest BCUT2D eigenvalue weighted by Crippen LogP contribution is -2.28. The van der Waals surface area contributed by atoms with Gasteiger partial charge in [-0.05, 0) is 18.2 Å². The van der Waals surface area contributed by atoms with Gasteiger partial charge in [-0.25, -0.2) is 18.2 Å². The quantitative estimate of drug-likeness (QED) is 0.702. The van der Waals surface area contributed by atoms with Gasteiger partial charge in [0.25, 0.3) is 18.2 Å². The number of aromatic nitrogens is 3. The van der Waals surface area contributed by atoms with Crippen molar-refractivity contribution in [3.05, 3.63) is 53.4 Å². The van der Waals surface area contributed by atoms with Crippen LogP contribution in [0.4, 0.5) is 22.0 Å². The molecule has 2 rings (SSSR count). The molecule has 12 heteroatoms. The first-order chi connectivity index (χ1) is 12.8. The molecule has 27 heavy (non-hydrogen) atoms. The van der Waals surface area contributed by atoms with E-state index in [-0.39, 0.29) is 16.8 Å². The second kappa shape index (κ2) is 8.87. The third-order valence-corrected chi connectivity index (χ3v) is 3.16. The van der Waals surface area contributed by atoms with E-state index in [1.807, 2.05) is 0 Å². The molecule has 0 aromatic carbocycles. The number of hydrogen-bond donors (Lipinski definition) is 2. The number of nitrogens with two attached hydrogens (primary N) is 1. The lowest BCUT2D eigenvalue weighted by Gasteiger charge is -2.12. The zero-order chi connectivity index (χ0) is 20.0. The van der Waals surface area contributed by atoms with Crippen molar-refractivity contribution in [1.29, 1.82) is 0 Å². The van der Waals surface area contributed by atoms with Gasteiger partial charge in [-0.15, -0.1) is 0 Å². The zero-order valence-corrected chi connectivity index (χ0v) is 13.4. The molecule has 7 nitrogen and oxygen atoms in total. The summed E-state index contributed by atoms with van der Waals surface area (Å²) in [7, 11) is 0. The third-order valence-electron chi connectivity index (χ3n) is 3.16. The van der Waals surface area contributed by atoms with Crippen molar-refractivity contribution in [2.75, 3.05) is 6.54 Å². The van der Waals surface area contributed by atoms with Crippen LogP contribution in [0.15, 0.2) is 36.3 Å². The van der Waals surface area contributed by atoms with Gasteiger partial charge in [0, 0.05) is 24.5 Å². The Bertz CT molecular complexity index is 833. The summed E-state index contributed by atoms with van der Waals surface area (Å²) in [5.41, 5.74) is 4.03. The molecule has 2 aromatic rings. The maximum absolute atomic E-state index is 13.6. The van der Waals surface area contributed by atoms with E-state index < -0.39 is 42.9 Å². The van der Waals surface area contributed by atoms with Crippen molar-refractivity contribution in [2.45, 2.75) is 13.0 Å². The Balaban J connectivity index is 2.17. The minimum absolute atomic E-state index is 0.0144. The normalized spacial score (nSPS) is 12.1. The first kappa shape index (κ1) is 20.0. The number of nitrogens with zero attached hydrogens (tertiary/aromatic N) is 3. The van der Waals surface area contributed by atoms with Gasteiger partial charge in [0.1, 0.15) is 0 Å². The lowest BCUT2D eigenvalue weighted by molar-refractivity contribution is -0.0553. The summed E-state index contributed by atoms with van der Waals surface area (Å²) >= 11 is 0. The molecular weight excluding hydrogens is 377 g/mol. The molecule has 0 fully saturated rings. The Labute approximate surface area is 149 Å². The van der Waals surface area contributed by atoms with Crippen LogP contribution in [0.1, 0.15) is 16.1 Å². The maximum Gasteiger partial charge on any atom is 0.388 e. The van der Waals surface area contributed by atoms with E-state index in [2.05, 4.69) is 25.2 Å². The molecule has 144 valence electrons. The monoisotopic (exact) mass is 389 g/mol. The molecule has 0 saturated carbocycles. The molecule has 0 unspecified atom stereocenters. The van der Waals surface area contributed by atoms with Crippen LogP contribution in [-0.2, 0) is 0 Å². The van der Waals surface area contributed by atoms with E-state index in [0.717, 1.165) is 6.20 Å². The molecule has 3 N–H and O–H groups in total. The topological polar surface area (TPSA) is 103 Å². The summed E-state index contributed by atoms with van der Waals surface area (Å²) < 4.78 is 67.5. The highest BCUT2D eigenvalue weighted by atomic mass is 19.3. The van der Waals surface area contributed by atoms with Crippen LogP contribution in [0.25, 0.3) is 5.57 Å². The van der Waals surface area contributed by atoms with E-state index in [4.69, 9.17) is 5.73 Å². The molecule has 0 atom stereocenters. The largest absolute Gasteiger partial charge is 0.414 e. The highest BCUT2D eigenvalue weighted by Gasteiger charge is 2.19. The molecule has 0 spiro atoms. The summed E-state index contributed by atoms with van der Waals surface area (Å²) in [5.74, 6) is -3.18. The third kappa shape index (κ3) is 5.33. The molecular formula is C15H12F5N5O2. The van der Waals surface area contributed by atoms with E-state index in [1.165, 1.54) is 18.3 Å². The van der Waals surface area contributed by atoms with E-state index in [1.54, 1.807) is 0 Å². The number of alkyl halides is 4. The fourth-order valence-corrected chi connectivity index (χ4v) is 1.93. The van der Waals surface area contributed by atoms with Crippen LogP contribution in [0.2, 0.25) is 0 Å². The van der Waals surface area contributed by atoms with Gasteiger partial charge in [-0.1, -0.05) is 0 Å². The second-order valence-electron chi connectivity index (χ2n) is 4.92. The first-order valence-corrected chi connectivity index (χ1v) is 7.23. The molecule has 0 aliphatic heterocycles. The molecule has 0 saturated heterocycles. The van der Waals surface area contributed by atoms with Crippen LogP contribution in [-0.4, -0.2) is 40.7 Å². The summed E-state index contributed by atoms with van der Waals surface area (Å²) in [4.78, 5) is 15.3. The Morgan fingerprint density at radius 1 is 1.30 bits per heavy atom. The molecule has 0 bridgehead atoms. The average molecular weight is 389 g/mol. The van der Waals surface area contributed by atoms with Crippen molar-refractivity contribution in [3.63, 3.8) is 0 Å². The minimum atomic E-state index is -3.29. The predicted molar refractivity (Wildman–Crippen MR) is 82.3 cm³/mol.